The maximum atomic E-state index is 12.0. The predicted octanol–water partition coefficient (Wildman–Crippen LogP) is -0.404. The number of morpholine rings is 1. The van der Waals surface area contributed by atoms with Gasteiger partial charge in [-0.05, 0) is 0 Å². The standard InChI is InChI=1S/C12H17N7O2/c13-12-17-10(9-11(18-12)16-7-15-9)14-2-1-8(20)19-3-5-21-6-4-19/h7H,1-6H2,(H4,13,14,15,16,17,18). The summed E-state index contributed by atoms with van der Waals surface area (Å²) < 4.78 is 5.22. The topological polar surface area (TPSA) is 122 Å². The second-order valence-electron chi connectivity index (χ2n) is 4.70. The van der Waals surface area contributed by atoms with Crippen LogP contribution in [0.2, 0.25) is 0 Å². The molecule has 0 saturated carbocycles. The van der Waals surface area contributed by atoms with Crippen LogP contribution in [0.3, 0.4) is 0 Å². The van der Waals surface area contributed by atoms with Crippen LogP contribution in [0.5, 0.6) is 0 Å². The molecular formula is C12H17N7O2. The lowest BCUT2D eigenvalue weighted by atomic mass is 10.3. The number of nitrogens with one attached hydrogen (secondary N) is 2. The number of nitrogen functional groups attached to an aromatic ring is 1. The van der Waals surface area contributed by atoms with Crippen molar-refractivity contribution in [3.05, 3.63) is 6.33 Å². The molecule has 0 radical (unpaired) electrons. The summed E-state index contributed by atoms with van der Waals surface area (Å²) in [5, 5.41) is 3.10. The van der Waals surface area contributed by atoms with Crippen LogP contribution < -0.4 is 11.1 Å². The summed E-state index contributed by atoms with van der Waals surface area (Å²) in [5.41, 5.74) is 6.81. The smallest absolute Gasteiger partial charge is 0.224 e. The molecule has 9 nitrogen and oxygen atoms in total. The zero-order valence-corrected chi connectivity index (χ0v) is 11.5. The van der Waals surface area contributed by atoms with Crippen molar-refractivity contribution in [2.45, 2.75) is 6.42 Å². The number of carbonyl (C=O) groups is 1. The number of ether oxygens (including phenoxy) is 1. The molecule has 112 valence electrons. The van der Waals surface area contributed by atoms with Crippen LogP contribution in [0, 0.1) is 0 Å². The Labute approximate surface area is 120 Å². The molecule has 3 rings (SSSR count). The molecule has 4 N–H and O–H groups in total. The summed E-state index contributed by atoms with van der Waals surface area (Å²) in [6.07, 6.45) is 1.92. The van der Waals surface area contributed by atoms with Gasteiger partial charge in [-0.15, -0.1) is 0 Å². The third kappa shape index (κ3) is 3.02. The Morgan fingerprint density at radius 2 is 2.24 bits per heavy atom. The van der Waals surface area contributed by atoms with E-state index in [-0.39, 0.29) is 11.9 Å². The van der Waals surface area contributed by atoms with Gasteiger partial charge in [0.05, 0.1) is 19.5 Å². The summed E-state index contributed by atoms with van der Waals surface area (Å²) in [7, 11) is 0. The molecule has 0 aliphatic carbocycles. The molecule has 9 heteroatoms. The number of carbonyl (C=O) groups excluding carboxylic acids is 1. The van der Waals surface area contributed by atoms with Gasteiger partial charge in [-0.25, -0.2) is 4.98 Å². The van der Waals surface area contributed by atoms with Gasteiger partial charge >= 0.3 is 0 Å². The van der Waals surface area contributed by atoms with Gasteiger partial charge in [0.2, 0.25) is 11.9 Å². The normalized spacial score (nSPS) is 15.3. The molecule has 1 aliphatic heterocycles. The zero-order valence-electron chi connectivity index (χ0n) is 11.5. The van der Waals surface area contributed by atoms with Crippen LogP contribution in [0.4, 0.5) is 11.8 Å². The summed E-state index contributed by atoms with van der Waals surface area (Å²) in [4.78, 5) is 29.0. The van der Waals surface area contributed by atoms with E-state index in [9.17, 15) is 4.79 Å². The Morgan fingerprint density at radius 1 is 1.43 bits per heavy atom. The number of hydrogen-bond acceptors (Lipinski definition) is 7. The number of amides is 1. The minimum Gasteiger partial charge on any atom is -0.378 e. The quantitative estimate of drug-likeness (QED) is 0.700. The lowest BCUT2D eigenvalue weighted by molar-refractivity contribution is -0.134. The van der Waals surface area contributed by atoms with E-state index in [1.807, 2.05) is 4.90 Å². The van der Waals surface area contributed by atoms with Gasteiger partial charge < -0.3 is 25.7 Å². The maximum absolute atomic E-state index is 12.0. The van der Waals surface area contributed by atoms with E-state index >= 15 is 0 Å². The highest BCUT2D eigenvalue weighted by Crippen LogP contribution is 2.17. The number of aromatic nitrogens is 4. The minimum absolute atomic E-state index is 0.105. The molecule has 2 aromatic rings. The van der Waals surface area contributed by atoms with Gasteiger partial charge in [0.15, 0.2) is 11.5 Å². The van der Waals surface area contributed by atoms with Crippen LogP contribution in [-0.4, -0.2) is 63.6 Å². The Balaban J connectivity index is 1.59. The zero-order chi connectivity index (χ0) is 14.7. The molecule has 21 heavy (non-hydrogen) atoms. The van der Waals surface area contributed by atoms with Gasteiger partial charge in [-0.2, -0.15) is 9.97 Å². The molecule has 0 aromatic carbocycles. The Morgan fingerprint density at radius 3 is 3.05 bits per heavy atom. The van der Waals surface area contributed by atoms with Crippen LogP contribution in [0.15, 0.2) is 6.33 Å². The van der Waals surface area contributed by atoms with Crippen LogP contribution in [0.25, 0.3) is 11.2 Å². The highest BCUT2D eigenvalue weighted by molar-refractivity contribution is 5.84. The van der Waals surface area contributed by atoms with E-state index in [0.717, 1.165) is 0 Å². The summed E-state index contributed by atoms with van der Waals surface area (Å²) in [6, 6.07) is 0. The van der Waals surface area contributed by atoms with Crippen molar-refractivity contribution < 1.29 is 9.53 Å². The van der Waals surface area contributed by atoms with Gasteiger partial charge in [-0.3, -0.25) is 4.79 Å². The first-order chi connectivity index (χ1) is 10.2. The predicted molar refractivity (Wildman–Crippen MR) is 76.6 cm³/mol. The van der Waals surface area contributed by atoms with E-state index in [1.54, 1.807) is 0 Å². The van der Waals surface area contributed by atoms with Crippen LogP contribution in [-0.2, 0) is 9.53 Å². The fraction of sp³-hybridized carbons (Fsp3) is 0.500. The second kappa shape index (κ2) is 5.92. The Hall–Kier alpha value is -2.42. The lowest BCUT2D eigenvalue weighted by Gasteiger charge is -2.26. The van der Waals surface area contributed by atoms with Gasteiger partial charge in [0.25, 0.3) is 0 Å². The fourth-order valence-corrected chi connectivity index (χ4v) is 2.24. The molecule has 2 aromatic heterocycles. The van der Waals surface area contributed by atoms with Crippen LogP contribution in [0.1, 0.15) is 6.42 Å². The first kappa shape index (κ1) is 13.6. The number of H-pyrrole nitrogens is 1. The summed E-state index contributed by atoms with van der Waals surface area (Å²) in [6.45, 7) is 3.00. The number of rotatable bonds is 4. The Bertz CT molecular complexity index is 636. The number of nitrogens with two attached hydrogens (primary N) is 1. The van der Waals surface area contributed by atoms with E-state index in [4.69, 9.17) is 10.5 Å². The third-order valence-corrected chi connectivity index (χ3v) is 3.30. The fourth-order valence-electron chi connectivity index (χ4n) is 2.24. The molecule has 1 fully saturated rings. The molecule has 3 heterocycles. The highest BCUT2D eigenvalue weighted by Gasteiger charge is 2.16. The number of nitrogens with zero attached hydrogens (tertiary/aromatic N) is 4. The SMILES string of the molecule is Nc1nc(NCCC(=O)N2CCOCC2)c2[nH]cnc2n1. The molecule has 0 atom stereocenters. The average Bonchev–Trinajstić information content (AvgIpc) is 2.96. The van der Waals surface area contributed by atoms with E-state index in [1.165, 1.54) is 6.33 Å². The Kier molecular flexibility index (Phi) is 3.82. The molecule has 0 unspecified atom stereocenters. The average molecular weight is 291 g/mol. The highest BCUT2D eigenvalue weighted by atomic mass is 16.5. The number of hydrogen-bond donors (Lipinski definition) is 3. The molecule has 0 spiro atoms. The molecule has 1 saturated heterocycles. The largest absolute Gasteiger partial charge is 0.378 e. The van der Waals surface area contributed by atoms with Gasteiger partial charge in [-0.1, -0.05) is 0 Å². The molecular weight excluding hydrogens is 274 g/mol. The number of imidazole rings is 1. The summed E-state index contributed by atoms with van der Waals surface area (Å²) >= 11 is 0. The van der Waals surface area contributed by atoms with Crippen molar-refractivity contribution in [1.29, 1.82) is 0 Å². The third-order valence-electron chi connectivity index (χ3n) is 3.30. The molecule has 0 bridgehead atoms. The van der Waals surface area contributed by atoms with Crippen molar-refractivity contribution in [3.8, 4) is 0 Å². The number of anilines is 2. The summed E-state index contributed by atoms with van der Waals surface area (Å²) in [5.74, 6) is 0.815. The molecule has 1 aliphatic rings. The van der Waals surface area contributed by atoms with Crippen LogP contribution >= 0.6 is 0 Å². The number of fused-ring (bicyclic) bond motifs is 1. The van der Waals surface area contributed by atoms with E-state index < -0.39 is 0 Å². The van der Waals surface area contributed by atoms with Gasteiger partial charge in [0.1, 0.15) is 5.52 Å². The van der Waals surface area contributed by atoms with Crippen molar-refractivity contribution in [2.24, 2.45) is 0 Å². The van der Waals surface area contributed by atoms with Crippen molar-refractivity contribution in [2.75, 3.05) is 43.9 Å². The van der Waals surface area contributed by atoms with Crippen molar-refractivity contribution >= 4 is 28.8 Å². The molecule has 1 amide bonds. The maximum Gasteiger partial charge on any atom is 0.224 e. The van der Waals surface area contributed by atoms with Gasteiger partial charge in [0, 0.05) is 26.1 Å². The first-order valence-electron chi connectivity index (χ1n) is 6.80. The van der Waals surface area contributed by atoms with E-state index in [2.05, 4.69) is 25.3 Å². The van der Waals surface area contributed by atoms with E-state index in [0.29, 0.717) is 56.3 Å². The lowest BCUT2D eigenvalue weighted by Crippen LogP contribution is -2.41. The van der Waals surface area contributed by atoms with Crippen molar-refractivity contribution in [3.63, 3.8) is 0 Å². The first-order valence-corrected chi connectivity index (χ1v) is 6.80. The minimum atomic E-state index is 0.105. The monoisotopic (exact) mass is 291 g/mol. The second-order valence-corrected chi connectivity index (χ2v) is 4.70. The number of aromatic amines is 1. The van der Waals surface area contributed by atoms with Crippen molar-refractivity contribution in [1.82, 2.24) is 24.8 Å².